The van der Waals surface area contributed by atoms with Crippen molar-refractivity contribution >= 4 is 5.91 Å². The zero-order valence-electron chi connectivity index (χ0n) is 9.52. The molecule has 1 saturated heterocycles. The zero-order chi connectivity index (χ0) is 11.0. The van der Waals surface area contributed by atoms with Gasteiger partial charge in [0.2, 0.25) is 5.91 Å². The van der Waals surface area contributed by atoms with Crippen LogP contribution in [0, 0.1) is 5.92 Å². The Morgan fingerprint density at radius 1 is 1.33 bits per heavy atom. The van der Waals surface area contributed by atoms with Crippen molar-refractivity contribution in [3.05, 3.63) is 0 Å². The van der Waals surface area contributed by atoms with Gasteiger partial charge in [0.1, 0.15) is 0 Å². The molecule has 0 spiro atoms. The molecule has 4 heteroatoms. The summed E-state index contributed by atoms with van der Waals surface area (Å²) in [6.07, 6.45) is 2.88. The highest BCUT2D eigenvalue weighted by atomic mass is 16.3. The molecular weight excluding hydrogens is 192 g/mol. The van der Waals surface area contributed by atoms with Crippen molar-refractivity contribution in [1.29, 1.82) is 0 Å². The fourth-order valence-electron chi connectivity index (χ4n) is 2.37. The lowest BCUT2D eigenvalue weighted by Gasteiger charge is -2.29. The summed E-state index contributed by atoms with van der Waals surface area (Å²) in [5, 5.41) is 9.82. The van der Waals surface area contributed by atoms with E-state index in [1.54, 1.807) is 0 Å². The molecule has 2 atom stereocenters. The number of rotatable bonds is 2. The Labute approximate surface area is 90.9 Å². The third-order valence-corrected chi connectivity index (χ3v) is 3.69. The summed E-state index contributed by atoms with van der Waals surface area (Å²) >= 11 is 0. The highest BCUT2D eigenvalue weighted by molar-refractivity contribution is 5.80. The summed E-state index contributed by atoms with van der Waals surface area (Å²) < 4.78 is 0. The van der Waals surface area contributed by atoms with Crippen LogP contribution in [-0.2, 0) is 4.79 Å². The summed E-state index contributed by atoms with van der Waals surface area (Å²) in [7, 11) is 3.90. The van der Waals surface area contributed by atoms with E-state index in [1.807, 2.05) is 23.9 Å². The largest absolute Gasteiger partial charge is 0.390 e. The van der Waals surface area contributed by atoms with Crippen molar-refractivity contribution in [1.82, 2.24) is 9.80 Å². The molecule has 0 radical (unpaired) electrons. The molecule has 2 rings (SSSR count). The van der Waals surface area contributed by atoms with E-state index in [-0.39, 0.29) is 24.0 Å². The predicted octanol–water partition coefficient (Wildman–Crippen LogP) is -0.0802. The highest BCUT2D eigenvalue weighted by Gasteiger charge is 2.38. The van der Waals surface area contributed by atoms with Gasteiger partial charge in [-0.3, -0.25) is 4.79 Å². The quantitative estimate of drug-likeness (QED) is 0.696. The summed E-state index contributed by atoms with van der Waals surface area (Å²) in [6, 6.07) is 0.106. The normalized spacial score (nSPS) is 32.1. The summed E-state index contributed by atoms with van der Waals surface area (Å²) in [5.41, 5.74) is 0. The predicted molar refractivity (Wildman–Crippen MR) is 57.4 cm³/mol. The van der Waals surface area contributed by atoms with Gasteiger partial charge in [-0.1, -0.05) is 6.42 Å². The van der Waals surface area contributed by atoms with Gasteiger partial charge in [-0.05, 0) is 26.9 Å². The highest BCUT2D eigenvalue weighted by Crippen LogP contribution is 2.29. The number of likely N-dealkylation sites (N-methyl/N-ethyl adjacent to an activating group) is 1. The molecule has 1 amide bonds. The lowest BCUT2D eigenvalue weighted by molar-refractivity contribution is -0.137. The van der Waals surface area contributed by atoms with E-state index in [2.05, 4.69) is 0 Å². The fourth-order valence-corrected chi connectivity index (χ4v) is 2.37. The number of hydrogen-bond donors (Lipinski definition) is 1. The third-order valence-electron chi connectivity index (χ3n) is 3.69. The molecule has 1 saturated carbocycles. The van der Waals surface area contributed by atoms with Crippen molar-refractivity contribution in [2.24, 2.45) is 5.92 Å². The van der Waals surface area contributed by atoms with Gasteiger partial charge in [0, 0.05) is 19.0 Å². The van der Waals surface area contributed by atoms with Gasteiger partial charge in [0.25, 0.3) is 0 Å². The molecule has 4 nitrogen and oxygen atoms in total. The molecule has 1 heterocycles. The van der Waals surface area contributed by atoms with Gasteiger partial charge in [0.15, 0.2) is 0 Å². The maximum absolute atomic E-state index is 11.9. The van der Waals surface area contributed by atoms with Crippen molar-refractivity contribution in [3.8, 4) is 0 Å². The van der Waals surface area contributed by atoms with Gasteiger partial charge < -0.3 is 14.9 Å². The van der Waals surface area contributed by atoms with Crippen LogP contribution in [0.15, 0.2) is 0 Å². The molecule has 2 aliphatic rings. The molecule has 1 aliphatic carbocycles. The molecule has 0 aromatic heterocycles. The Morgan fingerprint density at radius 3 is 2.40 bits per heavy atom. The standard InChI is InChI=1S/C11H20N2O2/c1-12(2)9-6-13(7-10(9)14)11(15)8-4-3-5-8/h8-10,14H,3-7H2,1-2H3/t9-,10-/m1/s1. The van der Waals surface area contributed by atoms with Crippen molar-refractivity contribution in [2.75, 3.05) is 27.2 Å². The van der Waals surface area contributed by atoms with Crippen LogP contribution in [0.25, 0.3) is 0 Å². The minimum absolute atomic E-state index is 0.106. The number of hydrogen-bond acceptors (Lipinski definition) is 3. The second-order valence-corrected chi connectivity index (χ2v) is 4.97. The van der Waals surface area contributed by atoms with Crippen LogP contribution in [0.3, 0.4) is 0 Å². The first-order chi connectivity index (χ1) is 7.09. The average molecular weight is 212 g/mol. The molecule has 0 unspecified atom stereocenters. The molecule has 0 aromatic carbocycles. The molecule has 86 valence electrons. The monoisotopic (exact) mass is 212 g/mol. The second-order valence-electron chi connectivity index (χ2n) is 4.97. The van der Waals surface area contributed by atoms with E-state index in [0.29, 0.717) is 13.1 Å². The topological polar surface area (TPSA) is 43.8 Å². The van der Waals surface area contributed by atoms with Crippen molar-refractivity contribution in [3.63, 3.8) is 0 Å². The van der Waals surface area contributed by atoms with Crippen molar-refractivity contribution in [2.45, 2.75) is 31.4 Å². The SMILES string of the molecule is CN(C)[C@@H]1CN(C(=O)C2CCC2)C[C@H]1O. The van der Waals surface area contributed by atoms with E-state index in [0.717, 1.165) is 12.8 Å². The molecule has 1 N–H and O–H groups in total. The maximum atomic E-state index is 11.9. The van der Waals surface area contributed by atoms with Crippen LogP contribution in [-0.4, -0.2) is 60.1 Å². The lowest BCUT2D eigenvalue weighted by atomic mass is 9.84. The number of carbonyl (C=O) groups excluding carboxylic acids is 1. The number of nitrogens with zero attached hydrogens (tertiary/aromatic N) is 2. The number of likely N-dealkylation sites (tertiary alicyclic amines) is 1. The second kappa shape index (κ2) is 4.10. The van der Waals surface area contributed by atoms with E-state index in [9.17, 15) is 9.90 Å². The van der Waals surface area contributed by atoms with Gasteiger partial charge in [-0.2, -0.15) is 0 Å². The van der Waals surface area contributed by atoms with Crippen LogP contribution in [0.1, 0.15) is 19.3 Å². The molecular formula is C11H20N2O2. The van der Waals surface area contributed by atoms with Crippen LogP contribution in [0.5, 0.6) is 0 Å². The van der Waals surface area contributed by atoms with E-state index in [1.165, 1.54) is 6.42 Å². The van der Waals surface area contributed by atoms with Gasteiger partial charge in [0.05, 0.1) is 12.1 Å². The molecule has 0 bridgehead atoms. The number of amides is 1. The minimum Gasteiger partial charge on any atom is -0.390 e. The summed E-state index contributed by atoms with van der Waals surface area (Å²) in [5.74, 6) is 0.503. The van der Waals surface area contributed by atoms with Crippen LogP contribution < -0.4 is 0 Å². The average Bonchev–Trinajstić information content (AvgIpc) is 2.44. The van der Waals surface area contributed by atoms with Crippen molar-refractivity contribution < 1.29 is 9.90 Å². The Kier molecular flexibility index (Phi) is 2.98. The third kappa shape index (κ3) is 2.01. The lowest BCUT2D eigenvalue weighted by Crippen LogP contribution is -2.40. The smallest absolute Gasteiger partial charge is 0.225 e. The number of carbonyl (C=O) groups is 1. The Morgan fingerprint density at radius 2 is 2.00 bits per heavy atom. The fraction of sp³-hybridized carbons (Fsp3) is 0.909. The van der Waals surface area contributed by atoms with Crippen LogP contribution >= 0.6 is 0 Å². The molecule has 1 aliphatic heterocycles. The van der Waals surface area contributed by atoms with Gasteiger partial charge >= 0.3 is 0 Å². The number of aliphatic hydroxyl groups is 1. The molecule has 2 fully saturated rings. The van der Waals surface area contributed by atoms with Crippen LogP contribution in [0.4, 0.5) is 0 Å². The first-order valence-electron chi connectivity index (χ1n) is 5.73. The summed E-state index contributed by atoms with van der Waals surface area (Å²) in [4.78, 5) is 15.8. The zero-order valence-corrected chi connectivity index (χ0v) is 9.52. The van der Waals surface area contributed by atoms with E-state index in [4.69, 9.17) is 0 Å². The van der Waals surface area contributed by atoms with E-state index < -0.39 is 0 Å². The van der Waals surface area contributed by atoms with Crippen LogP contribution in [0.2, 0.25) is 0 Å². The van der Waals surface area contributed by atoms with E-state index >= 15 is 0 Å². The number of β-amino-alcohol motifs (C(OH)–C–C–N with tert-alkyl or cyclic N) is 1. The number of aliphatic hydroxyl groups excluding tert-OH is 1. The first kappa shape index (κ1) is 10.9. The van der Waals surface area contributed by atoms with Gasteiger partial charge in [-0.15, -0.1) is 0 Å². The summed E-state index contributed by atoms with van der Waals surface area (Å²) in [6.45, 7) is 1.20. The molecule has 0 aromatic rings. The maximum Gasteiger partial charge on any atom is 0.225 e. The molecule has 15 heavy (non-hydrogen) atoms. The first-order valence-corrected chi connectivity index (χ1v) is 5.73. The Bertz CT molecular complexity index is 251. The Balaban J connectivity index is 1.92. The minimum atomic E-state index is -0.385. The van der Waals surface area contributed by atoms with Gasteiger partial charge in [-0.25, -0.2) is 0 Å². The Hall–Kier alpha value is -0.610.